The third-order valence-corrected chi connectivity index (χ3v) is 5.99. The van der Waals surface area contributed by atoms with Crippen LogP contribution < -0.4 is 10.9 Å². The van der Waals surface area contributed by atoms with Gasteiger partial charge in [0, 0.05) is 11.5 Å². The van der Waals surface area contributed by atoms with E-state index in [1.807, 2.05) is 68.6 Å². The minimum Gasteiger partial charge on any atom is -0.300 e. The van der Waals surface area contributed by atoms with E-state index in [2.05, 4.69) is 26.2 Å². The molecular formula is C21H17BrN4O2S. The highest BCUT2D eigenvalue weighted by Gasteiger charge is 2.25. The third-order valence-electron chi connectivity index (χ3n) is 4.56. The number of para-hydroxylation sites is 1. The van der Waals surface area contributed by atoms with Crippen LogP contribution in [-0.2, 0) is 11.8 Å². The number of carbonyl (C=O) groups excluding carboxylic acids is 1. The van der Waals surface area contributed by atoms with Crippen molar-refractivity contribution in [1.82, 2.24) is 14.7 Å². The maximum Gasteiger partial charge on any atom is 0.297 e. The number of benzene rings is 2. The lowest BCUT2D eigenvalue weighted by molar-refractivity contribution is -0.115. The van der Waals surface area contributed by atoms with Crippen LogP contribution in [-0.4, -0.2) is 20.4 Å². The number of hydrogen-bond acceptors (Lipinski definition) is 4. The van der Waals surface area contributed by atoms with Crippen molar-refractivity contribution in [3.05, 3.63) is 85.6 Å². The number of aromatic nitrogens is 2. The summed E-state index contributed by atoms with van der Waals surface area (Å²) in [6.07, 6.45) is 1.80. The fraction of sp³-hybridized carbons (Fsp3) is 0.0952. The second-order valence-electron chi connectivity index (χ2n) is 6.44. The van der Waals surface area contributed by atoms with Gasteiger partial charge in [-0.2, -0.15) is 0 Å². The molecule has 4 rings (SSSR count). The van der Waals surface area contributed by atoms with Gasteiger partial charge in [0.15, 0.2) is 10.9 Å². The van der Waals surface area contributed by atoms with Gasteiger partial charge in [0.1, 0.15) is 0 Å². The number of amidine groups is 1. The van der Waals surface area contributed by atoms with Crippen LogP contribution in [0, 0.1) is 6.92 Å². The first-order chi connectivity index (χ1) is 13.9. The van der Waals surface area contributed by atoms with Gasteiger partial charge in [0.25, 0.3) is 11.5 Å². The molecule has 2 aromatic carbocycles. The summed E-state index contributed by atoms with van der Waals surface area (Å²) in [5.41, 5.74) is 2.46. The summed E-state index contributed by atoms with van der Waals surface area (Å²) in [7, 11) is 1.81. The van der Waals surface area contributed by atoms with E-state index in [1.54, 1.807) is 15.4 Å². The van der Waals surface area contributed by atoms with Gasteiger partial charge in [0.2, 0.25) is 0 Å². The Labute approximate surface area is 180 Å². The molecule has 0 bridgehead atoms. The number of hydrogen-bond donors (Lipinski definition) is 1. The largest absolute Gasteiger partial charge is 0.300 e. The van der Waals surface area contributed by atoms with Gasteiger partial charge in [-0.15, -0.1) is 0 Å². The molecule has 1 fully saturated rings. The van der Waals surface area contributed by atoms with Crippen LogP contribution in [0.2, 0.25) is 0 Å². The summed E-state index contributed by atoms with van der Waals surface area (Å²) in [5, 5.41) is 3.14. The molecule has 0 unspecified atom stereocenters. The predicted octanol–water partition coefficient (Wildman–Crippen LogP) is 4.14. The molecule has 6 nitrogen and oxygen atoms in total. The minimum atomic E-state index is -0.233. The second kappa shape index (κ2) is 7.88. The number of aliphatic imine (C=N–C) groups is 1. The summed E-state index contributed by atoms with van der Waals surface area (Å²) >= 11 is 4.62. The summed E-state index contributed by atoms with van der Waals surface area (Å²) in [6.45, 7) is 1.83. The van der Waals surface area contributed by atoms with Gasteiger partial charge in [-0.3, -0.25) is 14.3 Å². The van der Waals surface area contributed by atoms with Crippen molar-refractivity contribution in [1.29, 1.82) is 0 Å². The highest BCUT2D eigenvalue weighted by Crippen LogP contribution is 2.28. The molecular weight excluding hydrogens is 452 g/mol. The molecule has 2 heterocycles. The molecule has 8 heteroatoms. The number of nitrogens with zero attached hydrogens (tertiary/aromatic N) is 3. The first-order valence-corrected chi connectivity index (χ1v) is 10.4. The molecule has 146 valence electrons. The van der Waals surface area contributed by atoms with Crippen LogP contribution in [0.5, 0.6) is 0 Å². The highest BCUT2D eigenvalue weighted by molar-refractivity contribution is 9.10. The Morgan fingerprint density at radius 3 is 2.45 bits per heavy atom. The van der Waals surface area contributed by atoms with Crippen LogP contribution in [0.4, 0.5) is 5.69 Å². The third kappa shape index (κ3) is 3.86. The van der Waals surface area contributed by atoms with E-state index in [-0.39, 0.29) is 11.5 Å². The normalized spacial score (nSPS) is 16.6. The Balaban J connectivity index is 1.68. The van der Waals surface area contributed by atoms with Gasteiger partial charge in [-0.1, -0.05) is 46.3 Å². The molecule has 1 saturated heterocycles. The maximum atomic E-state index is 13.0. The fourth-order valence-electron chi connectivity index (χ4n) is 2.98. The first-order valence-electron chi connectivity index (χ1n) is 8.83. The molecule has 3 aromatic rings. The number of halogens is 1. The zero-order chi connectivity index (χ0) is 20.5. The summed E-state index contributed by atoms with van der Waals surface area (Å²) in [6, 6.07) is 17.0. The Bertz CT molecular complexity index is 1210. The number of carbonyl (C=O) groups is 1. The molecule has 0 aliphatic carbocycles. The van der Waals surface area contributed by atoms with Gasteiger partial charge in [-0.05, 0) is 54.6 Å². The van der Waals surface area contributed by atoms with E-state index >= 15 is 0 Å². The topological polar surface area (TPSA) is 68.4 Å². The van der Waals surface area contributed by atoms with Crippen molar-refractivity contribution in [3.63, 3.8) is 0 Å². The Kier molecular flexibility index (Phi) is 5.29. The quantitative estimate of drug-likeness (QED) is 0.587. The van der Waals surface area contributed by atoms with E-state index in [9.17, 15) is 9.59 Å². The van der Waals surface area contributed by atoms with Crippen LogP contribution in [0.25, 0.3) is 11.8 Å². The van der Waals surface area contributed by atoms with E-state index in [4.69, 9.17) is 0 Å². The SMILES string of the molecule is Cc1c(N=C2NC(=O)/C(=C\c3ccc(Br)cc3)S2)c(=O)n(-c2ccccc2)n1C. The highest BCUT2D eigenvalue weighted by atomic mass is 79.9. The van der Waals surface area contributed by atoms with E-state index in [0.29, 0.717) is 21.5 Å². The first kappa shape index (κ1) is 19.5. The van der Waals surface area contributed by atoms with Crippen LogP contribution in [0.15, 0.2) is 73.8 Å². The van der Waals surface area contributed by atoms with E-state index in [0.717, 1.165) is 15.7 Å². The number of rotatable bonds is 3. The van der Waals surface area contributed by atoms with E-state index < -0.39 is 0 Å². The summed E-state index contributed by atoms with van der Waals surface area (Å²) in [4.78, 5) is 30.3. The monoisotopic (exact) mass is 468 g/mol. The van der Waals surface area contributed by atoms with Gasteiger partial charge >= 0.3 is 0 Å². The Morgan fingerprint density at radius 2 is 1.76 bits per heavy atom. The lowest BCUT2D eigenvalue weighted by atomic mass is 10.2. The van der Waals surface area contributed by atoms with Gasteiger partial charge in [-0.25, -0.2) is 9.67 Å². The minimum absolute atomic E-state index is 0.228. The lowest BCUT2D eigenvalue weighted by Gasteiger charge is -2.07. The second-order valence-corrected chi connectivity index (χ2v) is 8.39. The average molecular weight is 469 g/mol. The standard InChI is InChI=1S/C21H17BrN4O2S/c1-13-18(20(28)26(25(13)2)16-6-4-3-5-7-16)23-21-24-19(27)17(29-21)12-14-8-10-15(22)11-9-14/h3-12H,1-2H3,(H,23,24,27)/b17-12+. The molecule has 1 amide bonds. The Hall–Kier alpha value is -2.84. The lowest BCUT2D eigenvalue weighted by Crippen LogP contribution is -2.21. The summed E-state index contributed by atoms with van der Waals surface area (Å²) in [5.74, 6) is -0.228. The van der Waals surface area contributed by atoms with Crippen LogP contribution in [0.3, 0.4) is 0 Å². The van der Waals surface area contributed by atoms with Crippen molar-refractivity contribution in [2.75, 3.05) is 0 Å². The van der Waals surface area contributed by atoms with Crippen molar-refractivity contribution < 1.29 is 4.79 Å². The fourth-order valence-corrected chi connectivity index (χ4v) is 4.07. The van der Waals surface area contributed by atoms with Crippen LogP contribution in [0.1, 0.15) is 11.3 Å². The number of amides is 1. The van der Waals surface area contributed by atoms with Crippen molar-refractivity contribution in [2.45, 2.75) is 6.92 Å². The van der Waals surface area contributed by atoms with Crippen molar-refractivity contribution >= 4 is 50.5 Å². The van der Waals surface area contributed by atoms with Gasteiger partial charge in [0.05, 0.1) is 16.3 Å². The maximum absolute atomic E-state index is 13.0. The van der Waals surface area contributed by atoms with Crippen LogP contribution >= 0.6 is 27.7 Å². The Morgan fingerprint density at radius 1 is 1.07 bits per heavy atom. The molecule has 0 saturated carbocycles. The number of thioether (sulfide) groups is 1. The predicted molar refractivity (Wildman–Crippen MR) is 121 cm³/mol. The molecule has 1 aromatic heterocycles. The van der Waals surface area contributed by atoms with Gasteiger partial charge < -0.3 is 5.32 Å². The molecule has 29 heavy (non-hydrogen) atoms. The molecule has 1 aliphatic rings. The molecule has 1 N–H and O–H groups in total. The van der Waals surface area contributed by atoms with Crippen molar-refractivity contribution in [2.24, 2.45) is 12.0 Å². The zero-order valence-electron chi connectivity index (χ0n) is 15.7. The smallest absolute Gasteiger partial charge is 0.297 e. The zero-order valence-corrected chi connectivity index (χ0v) is 18.1. The van der Waals surface area contributed by atoms with Crippen molar-refractivity contribution in [3.8, 4) is 5.69 Å². The molecule has 0 radical (unpaired) electrons. The molecule has 0 spiro atoms. The number of nitrogens with one attached hydrogen (secondary N) is 1. The molecule has 1 aliphatic heterocycles. The summed E-state index contributed by atoms with van der Waals surface area (Å²) < 4.78 is 4.30. The van der Waals surface area contributed by atoms with E-state index in [1.165, 1.54) is 11.8 Å². The molecule has 0 atom stereocenters. The average Bonchev–Trinajstić information content (AvgIpc) is 3.16.